The summed E-state index contributed by atoms with van der Waals surface area (Å²) >= 11 is 17.8. The Morgan fingerprint density at radius 1 is 0.828 bits per heavy atom. The van der Waals surface area contributed by atoms with Gasteiger partial charge in [0.1, 0.15) is 5.69 Å². The average Bonchev–Trinajstić information content (AvgIpc) is 3.20. The van der Waals surface area contributed by atoms with Gasteiger partial charge in [0.25, 0.3) is 5.91 Å². The molecule has 29 heavy (non-hydrogen) atoms. The predicted octanol–water partition coefficient (Wildman–Crippen LogP) is 4.74. The number of carbonyl (C=O) groups is 1. The fourth-order valence-electron chi connectivity index (χ4n) is 2.65. The number of rotatable bonds is 3. The van der Waals surface area contributed by atoms with Crippen LogP contribution in [0.2, 0.25) is 15.1 Å². The van der Waals surface area contributed by atoms with Gasteiger partial charge in [-0.05, 0) is 48.5 Å². The molecule has 0 aliphatic heterocycles. The topological polar surface area (TPSA) is 69.8 Å². The third kappa shape index (κ3) is 3.96. The Bertz CT molecular complexity index is 1280. The van der Waals surface area contributed by atoms with E-state index in [2.05, 4.69) is 10.2 Å². The Hall–Kier alpha value is -2.93. The Kier molecular flexibility index (Phi) is 5.24. The van der Waals surface area contributed by atoms with Crippen LogP contribution < -0.4 is 5.43 Å². The molecule has 0 unspecified atom stereocenters. The molecule has 2 aromatic carbocycles. The monoisotopic (exact) mass is 444 g/mol. The lowest BCUT2D eigenvalue weighted by molar-refractivity contribution is 0.0945. The van der Waals surface area contributed by atoms with Crippen molar-refractivity contribution in [3.05, 3.63) is 97.8 Å². The highest BCUT2D eigenvalue weighted by molar-refractivity contribution is 6.42. The Morgan fingerprint density at radius 2 is 1.59 bits per heavy atom. The first-order valence-electron chi connectivity index (χ1n) is 8.34. The number of nitrogens with zero attached hydrogens (tertiary/aromatic N) is 4. The van der Waals surface area contributed by atoms with Crippen molar-refractivity contribution in [3.8, 4) is 17.1 Å². The maximum atomic E-state index is 12.6. The quantitative estimate of drug-likeness (QED) is 0.456. The van der Waals surface area contributed by atoms with Gasteiger partial charge in [0, 0.05) is 29.0 Å². The molecule has 6 nitrogen and oxygen atoms in total. The smallest absolute Gasteiger partial charge is 0.278 e. The lowest BCUT2D eigenvalue weighted by atomic mass is 10.2. The molecule has 4 rings (SSSR count). The SMILES string of the molecule is O=C(c1ccc(Cl)c(Cl)c1)n1ccc(-c2nn(-c3ccc(Cl)cc3)ccc2=O)n1. The van der Waals surface area contributed by atoms with Gasteiger partial charge in [-0.1, -0.05) is 34.8 Å². The summed E-state index contributed by atoms with van der Waals surface area (Å²) in [7, 11) is 0. The van der Waals surface area contributed by atoms with Gasteiger partial charge in [-0.2, -0.15) is 10.2 Å². The molecule has 0 saturated heterocycles. The summed E-state index contributed by atoms with van der Waals surface area (Å²) in [5.41, 5.74) is 1.10. The number of carbonyl (C=O) groups excluding carboxylic acids is 1. The second-order valence-corrected chi connectivity index (χ2v) is 7.28. The van der Waals surface area contributed by atoms with E-state index in [1.54, 1.807) is 42.6 Å². The summed E-state index contributed by atoms with van der Waals surface area (Å²) in [6.45, 7) is 0. The first-order chi connectivity index (χ1) is 13.9. The van der Waals surface area contributed by atoms with Crippen LogP contribution in [0.4, 0.5) is 0 Å². The van der Waals surface area contributed by atoms with Crippen molar-refractivity contribution in [2.24, 2.45) is 0 Å². The fraction of sp³-hybridized carbons (Fsp3) is 0. The first-order valence-corrected chi connectivity index (χ1v) is 9.47. The van der Waals surface area contributed by atoms with Crippen molar-refractivity contribution in [1.29, 1.82) is 0 Å². The van der Waals surface area contributed by atoms with Crippen LogP contribution in [0.5, 0.6) is 0 Å². The lowest BCUT2D eigenvalue weighted by Crippen LogP contribution is -2.15. The van der Waals surface area contributed by atoms with Gasteiger partial charge in [-0.25, -0.2) is 9.36 Å². The molecule has 0 spiro atoms. The van der Waals surface area contributed by atoms with Crippen LogP contribution in [-0.2, 0) is 0 Å². The lowest BCUT2D eigenvalue weighted by Gasteiger charge is -2.06. The third-order valence-electron chi connectivity index (χ3n) is 4.11. The van der Waals surface area contributed by atoms with E-state index in [4.69, 9.17) is 34.8 Å². The second kappa shape index (κ2) is 7.83. The maximum absolute atomic E-state index is 12.6. The van der Waals surface area contributed by atoms with Gasteiger partial charge >= 0.3 is 0 Å². The number of hydrogen-bond donors (Lipinski definition) is 0. The number of aromatic nitrogens is 4. The van der Waals surface area contributed by atoms with Crippen LogP contribution in [-0.4, -0.2) is 25.5 Å². The zero-order chi connectivity index (χ0) is 20.5. The molecule has 2 aromatic heterocycles. The van der Waals surface area contributed by atoms with Crippen LogP contribution in [0, 0.1) is 0 Å². The summed E-state index contributed by atoms with van der Waals surface area (Å²) in [4.78, 5) is 25.0. The van der Waals surface area contributed by atoms with Gasteiger partial charge in [0.05, 0.1) is 15.7 Å². The minimum atomic E-state index is -0.413. The van der Waals surface area contributed by atoms with Gasteiger partial charge in [0.2, 0.25) is 5.43 Å². The van der Waals surface area contributed by atoms with Crippen molar-refractivity contribution < 1.29 is 4.79 Å². The Labute approximate surface area is 179 Å². The van der Waals surface area contributed by atoms with Gasteiger partial charge in [0.15, 0.2) is 5.69 Å². The van der Waals surface area contributed by atoms with Crippen LogP contribution >= 0.6 is 34.8 Å². The van der Waals surface area contributed by atoms with E-state index in [0.717, 1.165) is 10.4 Å². The second-order valence-electron chi connectivity index (χ2n) is 6.03. The number of hydrogen-bond acceptors (Lipinski definition) is 4. The highest BCUT2D eigenvalue weighted by atomic mass is 35.5. The molecular weight excluding hydrogens is 435 g/mol. The molecule has 0 radical (unpaired) electrons. The van der Waals surface area contributed by atoms with Crippen molar-refractivity contribution in [2.75, 3.05) is 0 Å². The first kappa shape index (κ1) is 19.4. The normalized spacial score (nSPS) is 10.9. The molecule has 0 atom stereocenters. The Morgan fingerprint density at radius 3 is 2.31 bits per heavy atom. The van der Waals surface area contributed by atoms with Crippen LogP contribution in [0.25, 0.3) is 17.1 Å². The van der Waals surface area contributed by atoms with Crippen LogP contribution in [0.15, 0.2) is 71.8 Å². The summed E-state index contributed by atoms with van der Waals surface area (Å²) in [5.74, 6) is -0.413. The largest absolute Gasteiger partial charge is 0.287 e. The minimum Gasteiger partial charge on any atom is -0.287 e. The molecule has 9 heteroatoms. The van der Waals surface area contributed by atoms with Crippen molar-refractivity contribution >= 4 is 40.7 Å². The summed E-state index contributed by atoms with van der Waals surface area (Å²) in [5, 5.41) is 9.77. The van der Waals surface area contributed by atoms with Gasteiger partial charge in [-0.3, -0.25) is 9.59 Å². The van der Waals surface area contributed by atoms with Crippen LogP contribution in [0.3, 0.4) is 0 Å². The molecule has 144 valence electrons. The fourth-order valence-corrected chi connectivity index (χ4v) is 3.07. The predicted molar refractivity (Wildman–Crippen MR) is 112 cm³/mol. The van der Waals surface area contributed by atoms with Crippen molar-refractivity contribution in [2.45, 2.75) is 0 Å². The van der Waals surface area contributed by atoms with Gasteiger partial charge in [-0.15, -0.1) is 0 Å². The third-order valence-corrected chi connectivity index (χ3v) is 5.10. The zero-order valence-corrected chi connectivity index (χ0v) is 16.9. The average molecular weight is 446 g/mol. The van der Waals surface area contributed by atoms with E-state index in [1.807, 2.05) is 0 Å². The number of halogens is 3. The molecule has 0 fully saturated rings. The maximum Gasteiger partial charge on any atom is 0.278 e. The minimum absolute atomic E-state index is 0.114. The van der Waals surface area contributed by atoms with E-state index < -0.39 is 5.91 Å². The highest BCUT2D eigenvalue weighted by Crippen LogP contribution is 2.23. The Balaban J connectivity index is 1.69. The molecular formula is C20H11Cl3N4O2. The molecule has 0 amide bonds. The summed E-state index contributed by atoms with van der Waals surface area (Å²) < 4.78 is 2.66. The zero-order valence-electron chi connectivity index (χ0n) is 14.6. The molecule has 2 heterocycles. The summed E-state index contributed by atoms with van der Waals surface area (Å²) in [6, 6.07) is 14.5. The van der Waals surface area contributed by atoms with E-state index in [9.17, 15) is 9.59 Å². The van der Waals surface area contributed by atoms with Crippen molar-refractivity contribution in [3.63, 3.8) is 0 Å². The van der Waals surface area contributed by atoms with Gasteiger partial charge < -0.3 is 0 Å². The summed E-state index contributed by atoms with van der Waals surface area (Å²) in [6.07, 6.45) is 3.01. The molecule has 0 aliphatic rings. The molecule has 0 N–H and O–H groups in total. The number of benzene rings is 2. The molecule has 0 saturated carbocycles. The van der Waals surface area contributed by atoms with E-state index >= 15 is 0 Å². The van der Waals surface area contributed by atoms with E-state index in [-0.39, 0.29) is 21.8 Å². The van der Waals surface area contributed by atoms with Crippen molar-refractivity contribution in [1.82, 2.24) is 19.6 Å². The van der Waals surface area contributed by atoms with E-state index in [0.29, 0.717) is 15.6 Å². The molecule has 4 aromatic rings. The molecule has 0 aliphatic carbocycles. The standard InChI is InChI=1S/C20H11Cl3N4O2/c21-13-2-4-14(5-3-13)26-10-8-18(28)19(25-26)17-7-9-27(24-17)20(29)12-1-6-15(22)16(23)11-12/h1-11H. The van der Waals surface area contributed by atoms with Crippen LogP contribution in [0.1, 0.15) is 10.4 Å². The van der Waals surface area contributed by atoms with E-state index in [1.165, 1.54) is 29.1 Å². The highest BCUT2D eigenvalue weighted by Gasteiger charge is 2.15. The molecule has 0 bridgehead atoms.